The second kappa shape index (κ2) is 49.4. The third-order valence-electron chi connectivity index (χ3n) is 17.6. The molecule has 10 heterocycles. The first-order valence-electron chi connectivity index (χ1n) is 49.6. The van der Waals surface area contributed by atoms with Crippen molar-refractivity contribution in [3.8, 4) is 28.7 Å². The highest BCUT2D eigenvalue weighted by Crippen LogP contribution is 2.30. The highest BCUT2D eigenvalue weighted by molar-refractivity contribution is 7.85. The van der Waals surface area contributed by atoms with Crippen molar-refractivity contribution in [2.24, 2.45) is 0 Å². The molecule has 0 saturated carbocycles. The van der Waals surface area contributed by atoms with Gasteiger partial charge in [0.15, 0.2) is 25.8 Å². The second-order valence-electron chi connectivity index (χ2n) is 26.4. The maximum atomic E-state index is 13.2. The molecule has 0 saturated heterocycles. The summed E-state index contributed by atoms with van der Waals surface area (Å²) >= 11 is 0. The van der Waals surface area contributed by atoms with Gasteiger partial charge in [0.25, 0.3) is 0 Å². The molecule has 660 valence electrons. The van der Waals surface area contributed by atoms with Gasteiger partial charge in [-0.2, -0.15) is 0 Å². The van der Waals surface area contributed by atoms with E-state index < -0.39 is 125 Å². The van der Waals surface area contributed by atoms with Gasteiger partial charge in [-0.15, -0.1) is 0 Å². The van der Waals surface area contributed by atoms with Gasteiger partial charge in [0.05, 0.1) is 221 Å². The third kappa shape index (κ3) is 27.6. The number of aromatic nitrogens is 15. The minimum Gasteiger partial charge on any atom is -0.493 e. The summed E-state index contributed by atoms with van der Waals surface area (Å²) in [6.07, 6.45) is 3.02. The number of benzene rings is 5. The van der Waals surface area contributed by atoms with Crippen LogP contribution in [0, 0.1) is 34.6 Å². The summed E-state index contributed by atoms with van der Waals surface area (Å²) in [6.45, 7) is 12.1. The van der Waals surface area contributed by atoms with Gasteiger partial charge in [-0.1, -0.05) is 60.6 Å². The smallest absolute Gasteiger partial charge is 0.197 e. The Morgan fingerprint density at radius 3 is 0.888 bits per heavy atom. The molecule has 5 unspecified atom stereocenters. The fourth-order valence-electron chi connectivity index (χ4n) is 11.0. The predicted molar refractivity (Wildman–Crippen MR) is 486 cm³/mol. The van der Waals surface area contributed by atoms with Crippen molar-refractivity contribution in [3.05, 3.63) is 239 Å². The lowest BCUT2D eigenvalue weighted by Crippen LogP contribution is -2.06. The molecule has 15 aromatic rings. The van der Waals surface area contributed by atoms with Crippen molar-refractivity contribution in [1.82, 2.24) is 74.8 Å². The molecule has 5 aromatic carbocycles. The van der Waals surface area contributed by atoms with Crippen LogP contribution >= 0.6 is 0 Å². The van der Waals surface area contributed by atoms with Crippen LogP contribution in [0.5, 0.6) is 28.7 Å². The van der Waals surface area contributed by atoms with Crippen LogP contribution in [0.3, 0.4) is 0 Å². The molecule has 0 fully saturated rings. The number of para-hydroxylation sites is 10. The lowest BCUT2D eigenvalue weighted by Gasteiger charge is -2.11. The first-order chi connectivity index (χ1) is 69.8. The van der Waals surface area contributed by atoms with Gasteiger partial charge in [0.1, 0.15) is 28.7 Å². The fraction of sp³-hybridized carbons (Fsp3) is 0.333. The van der Waals surface area contributed by atoms with Gasteiger partial charge < -0.3 is 72.3 Å². The van der Waals surface area contributed by atoms with Crippen LogP contribution < -0.4 is 23.7 Å². The zero-order valence-electron chi connectivity index (χ0n) is 91.7. The summed E-state index contributed by atoms with van der Waals surface area (Å²) in [5.41, 5.74) is -1.22. The average molecular weight is 1820 g/mol. The lowest BCUT2D eigenvalue weighted by molar-refractivity contribution is 0.171. The van der Waals surface area contributed by atoms with Gasteiger partial charge in [0.2, 0.25) is 0 Å². The van der Waals surface area contributed by atoms with E-state index >= 15 is 0 Å². The van der Waals surface area contributed by atoms with Crippen LogP contribution in [-0.2, 0) is 106 Å². The van der Waals surface area contributed by atoms with Crippen LogP contribution in [0.1, 0.15) is 119 Å². The quantitative estimate of drug-likeness (QED) is 0.0223. The number of H-pyrrole nitrogens is 5. The monoisotopic (exact) mass is 1820 g/mol. The number of ether oxygens (including phenoxy) is 10. The molecule has 0 bridgehead atoms. The van der Waals surface area contributed by atoms with E-state index in [-0.39, 0.29) is 156 Å². The topological polar surface area (TPSA) is 386 Å². The summed E-state index contributed by atoms with van der Waals surface area (Å²) in [6, 6.07) is 19.3. The van der Waals surface area contributed by atoms with Crippen molar-refractivity contribution in [3.63, 3.8) is 0 Å². The van der Waals surface area contributed by atoms with E-state index in [0.717, 1.165) is 11.0 Å². The molecule has 0 spiro atoms. The first-order valence-corrected chi connectivity index (χ1v) is 44.6. The van der Waals surface area contributed by atoms with Crippen LogP contribution in [0.25, 0.3) is 55.2 Å². The molecule has 5 N–H and O–H groups in total. The summed E-state index contributed by atoms with van der Waals surface area (Å²) in [5.74, 6) is 0.991. The Labute approximate surface area is 768 Å². The number of nitrogens with zero attached hydrogens (tertiary/aromatic N) is 10. The van der Waals surface area contributed by atoms with Crippen molar-refractivity contribution < 1.29 is 98.6 Å². The Morgan fingerprint density at radius 1 is 0.296 bits per heavy atom. The van der Waals surface area contributed by atoms with E-state index in [9.17, 15) is 21.0 Å². The van der Waals surface area contributed by atoms with E-state index in [2.05, 4.69) is 74.8 Å². The summed E-state index contributed by atoms with van der Waals surface area (Å²) in [7, 11) is -2.20. The first kappa shape index (κ1) is 68.1. The van der Waals surface area contributed by atoms with Gasteiger partial charge >= 0.3 is 0 Å². The molecule has 15 rings (SSSR count). The van der Waals surface area contributed by atoms with Crippen LogP contribution in [0.15, 0.2) is 208 Å². The number of methoxy groups -OCH3 is 5. The zero-order valence-corrected chi connectivity index (χ0v) is 73.8. The van der Waals surface area contributed by atoms with Crippen LogP contribution in [0.2, 0.25) is 0 Å². The largest absolute Gasteiger partial charge is 0.493 e. The van der Waals surface area contributed by atoms with E-state index in [1.54, 1.807) is 98.6 Å². The van der Waals surface area contributed by atoms with Crippen molar-refractivity contribution in [1.29, 1.82) is 0 Å². The molecule has 10 aromatic heterocycles. The fourth-order valence-corrected chi connectivity index (χ4v) is 15.7. The van der Waals surface area contributed by atoms with Crippen molar-refractivity contribution >= 4 is 109 Å². The molecular formula is C90H105N15O15S5. The average Bonchev–Trinajstić information content (AvgIpc) is 1.48. The van der Waals surface area contributed by atoms with Gasteiger partial charge in [0, 0.05) is 168 Å². The minimum atomic E-state index is -2.69. The van der Waals surface area contributed by atoms with Gasteiger partial charge in [-0.25, -0.2) is 24.9 Å². The molecular weight excluding hydrogens is 1690 g/mol. The number of pyridine rings is 5. The number of nitrogens with one attached hydrogen (secondary N) is 5. The van der Waals surface area contributed by atoms with Gasteiger partial charge in [-0.3, -0.25) is 46.0 Å². The number of rotatable bonds is 40. The Balaban J connectivity index is 0.000000175. The van der Waals surface area contributed by atoms with E-state index in [4.69, 9.17) is 77.5 Å². The molecule has 0 radical (unpaired) electrons. The standard InChI is InChI=1S/5C18H21N3O3S/c5*1-13-16(19-9-8-17(13)24-11-5-10-23-2)12-25(22)18-20-14-6-3-4-7-15(14)21-18/h5*3-4,6-9H,5,10-12H2,1-2H3,(H,20,21)/i3D,4D,6D,7D,8D,9D,12D2;3D,4D,6D,7D,8D,9D;8D,9D,12D2;8D,9D;12D2. The second-order valence-corrected chi connectivity index (χ2v) is 32.5. The Bertz CT molecular complexity index is 7210. The maximum Gasteiger partial charge on any atom is 0.197 e. The summed E-state index contributed by atoms with van der Waals surface area (Å²) in [4.78, 5) is 55.1. The molecule has 125 heavy (non-hydrogen) atoms. The molecule has 0 aliphatic rings. The molecule has 5 atom stereocenters. The number of imidazole rings is 5. The molecule has 0 amide bonds. The minimum absolute atomic E-state index is 0.00360. The summed E-state index contributed by atoms with van der Waals surface area (Å²) < 4.78 is 295. The Morgan fingerprint density at radius 2 is 0.560 bits per heavy atom. The Kier molecular flexibility index (Phi) is 26.9. The predicted octanol–water partition coefficient (Wildman–Crippen LogP) is 14.9. The molecule has 0 aliphatic carbocycles. The molecule has 0 aliphatic heterocycles. The van der Waals surface area contributed by atoms with Crippen LogP contribution in [0.4, 0.5) is 0 Å². The molecule has 30 nitrogen and oxygen atoms in total. The molecule has 35 heteroatoms. The zero-order chi connectivity index (χ0) is 108. The SMILES string of the molecule is [2H]C([2H])(c1nccc(OCCCOC)c1C)S(=O)c1nc2ccccc2[nH]1.[2H]c1nc(C([2H])([2H])S(=O)c2nc3c([2H])c([2H])c([2H])c([2H])c3[nH]2)c(C)c(OCCCOC)c1[2H].[2H]c1nc(C([2H])([2H])S(=O)c2nc3ccccc3[nH]2)c(C)c(OCCCOC)c1[2H].[2H]c1nc(CS(=O)c2nc3c([2H])c([2H])c([2H])c([2H])c3[nH]2)c(C)c(OCCCOC)c1[2H].[2H]c1nc(CS(=O)c2nc3ccccc3[nH]2)c(C)c(OCCCOC)c1[2H]. The number of fused-ring (bicyclic) bond motifs is 5. The van der Waals surface area contributed by atoms with E-state index in [0.29, 0.717) is 152 Å². The number of hydrogen-bond acceptors (Lipinski definition) is 25. The van der Waals surface area contributed by atoms with Gasteiger partial charge in [-0.05, 0) is 125 Å². The van der Waals surface area contributed by atoms with Crippen LogP contribution in [-0.4, -0.2) is 197 Å². The lowest BCUT2D eigenvalue weighted by atomic mass is 10.2. The third-order valence-corrected chi connectivity index (χ3v) is 22.7. The number of hydrogen-bond donors (Lipinski definition) is 5. The Hall–Kier alpha value is -11.3. The number of aromatic amines is 5. The highest BCUT2D eigenvalue weighted by atomic mass is 32.2. The van der Waals surface area contributed by atoms with E-state index in [1.807, 2.05) is 36.4 Å². The highest BCUT2D eigenvalue weighted by Gasteiger charge is 2.22. The maximum absolute atomic E-state index is 13.2. The van der Waals surface area contributed by atoms with Crippen molar-refractivity contribution in [2.45, 2.75) is 121 Å². The van der Waals surface area contributed by atoms with E-state index in [1.165, 1.54) is 20.2 Å². The van der Waals surface area contributed by atoms with Crippen molar-refractivity contribution in [2.75, 3.05) is 102 Å². The summed E-state index contributed by atoms with van der Waals surface area (Å²) in [5, 5.41) is -0.0174. The normalized spacial score (nSPS) is 15.2.